The minimum absolute atomic E-state index is 0.127. The summed E-state index contributed by atoms with van der Waals surface area (Å²) in [6, 6.07) is 3.10. The number of rotatable bonds is 2. The average molecular weight is 238 g/mol. The molecular weight excluding hydrogens is 224 g/mol. The second-order valence-electron chi connectivity index (χ2n) is 3.98. The molecule has 17 heavy (non-hydrogen) atoms. The Hall–Kier alpha value is -1.59. The van der Waals surface area contributed by atoms with E-state index < -0.39 is 12.3 Å². The number of carbonyl (C=O) groups is 1. The number of carboxylic acid groups (broad SMARTS) is 1. The van der Waals surface area contributed by atoms with E-state index in [1.165, 1.54) is 6.07 Å². The summed E-state index contributed by atoms with van der Waals surface area (Å²) in [5.41, 5.74) is 0.993. The lowest BCUT2D eigenvalue weighted by atomic mass is 10.0. The lowest BCUT2D eigenvalue weighted by Gasteiger charge is -2.24. The first-order valence-corrected chi connectivity index (χ1v) is 5.39. The van der Waals surface area contributed by atoms with Gasteiger partial charge in [-0.1, -0.05) is 0 Å². The summed E-state index contributed by atoms with van der Waals surface area (Å²) in [5, 5.41) is 18.9. The molecule has 5 nitrogen and oxygen atoms in total. The highest BCUT2D eigenvalue weighted by molar-refractivity contribution is 5.91. The maximum Gasteiger partial charge on any atom is 0.339 e. The Morgan fingerprint density at radius 3 is 2.59 bits per heavy atom. The molecule has 0 bridgehead atoms. The van der Waals surface area contributed by atoms with Crippen molar-refractivity contribution in [1.82, 2.24) is 0 Å². The SMILES string of the molecule is Cc1cc(C(=O)O)c(O)c(C2OCCCO2)c1. The van der Waals surface area contributed by atoms with Gasteiger partial charge in [0.15, 0.2) is 6.29 Å². The van der Waals surface area contributed by atoms with Gasteiger partial charge in [0, 0.05) is 0 Å². The van der Waals surface area contributed by atoms with E-state index in [-0.39, 0.29) is 11.3 Å². The molecule has 2 rings (SSSR count). The third-order valence-corrected chi connectivity index (χ3v) is 2.60. The van der Waals surface area contributed by atoms with Crippen LogP contribution < -0.4 is 0 Å². The molecule has 0 spiro atoms. The molecule has 92 valence electrons. The molecule has 1 heterocycles. The second-order valence-corrected chi connectivity index (χ2v) is 3.98. The maximum absolute atomic E-state index is 11.0. The van der Waals surface area contributed by atoms with Gasteiger partial charge in [0.25, 0.3) is 0 Å². The number of hydrogen-bond donors (Lipinski definition) is 2. The van der Waals surface area contributed by atoms with Crippen LogP contribution in [0.4, 0.5) is 0 Å². The van der Waals surface area contributed by atoms with Crippen LogP contribution in [0.3, 0.4) is 0 Å². The van der Waals surface area contributed by atoms with Crippen LogP contribution >= 0.6 is 0 Å². The molecule has 2 N–H and O–H groups in total. The summed E-state index contributed by atoms with van der Waals surface area (Å²) in [6.07, 6.45) is 0.122. The van der Waals surface area contributed by atoms with E-state index in [2.05, 4.69) is 0 Å². The second kappa shape index (κ2) is 4.73. The van der Waals surface area contributed by atoms with E-state index in [9.17, 15) is 9.90 Å². The van der Waals surface area contributed by atoms with Crippen molar-refractivity contribution in [2.75, 3.05) is 13.2 Å². The van der Waals surface area contributed by atoms with Crippen LogP contribution in [-0.4, -0.2) is 29.4 Å². The molecule has 0 amide bonds. The number of benzene rings is 1. The molecule has 1 aliphatic heterocycles. The van der Waals surface area contributed by atoms with Gasteiger partial charge in [0.05, 0.1) is 18.8 Å². The number of aromatic hydroxyl groups is 1. The smallest absolute Gasteiger partial charge is 0.339 e. The molecule has 0 unspecified atom stereocenters. The normalized spacial score (nSPS) is 17.0. The van der Waals surface area contributed by atoms with Crippen LogP contribution in [0.5, 0.6) is 5.75 Å². The fourth-order valence-corrected chi connectivity index (χ4v) is 1.82. The monoisotopic (exact) mass is 238 g/mol. The van der Waals surface area contributed by atoms with E-state index in [1.54, 1.807) is 13.0 Å². The van der Waals surface area contributed by atoms with Crippen LogP contribution in [0.1, 0.15) is 34.2 Å². The highest BCUT2D eigenvalue weighted by Gasteiger charge is 2.24. The molecule has 1 saturated heterocycles. The van der Waals surface area contributed by atoms with Crippen LogP contribution in [0, 0.1) is 6.92 Å². The molecule has 0 aliphatic carbocycles. The molecule has 1 aromatic rings. The fourth-order valence-electron chi connectivity index (χ4n) is 1.82. The van der Waals surface area contributed by atoms with Crippen molar-refractivity contribution >= 4 is 5.97 Å². The lowest BCUT2D eigenvalue weighted by molar-refractivity contribution is -0.183. The van der Waals surface area contributed by atoms with Gasteiger partial charge in [0.1, 0.15) is 11.3 Å². The van der Waals surface area contributed by atoms with E-state index >= 15 is 0 Å². The van der Waals surface area contributed by atoms with Crippen LogP contribution in [0.2, 0.25) is 0 Å². The number of carboxylic acids is 1. The van der Waals surface area contributed by atoms with Gasteiger partial charge < -0.3 is 19.7 Å². The van der Waals surface area contributed by atoms with Crippen molar-refractivity contribution in [2.45, 2.75) is 19.6 Å². The molecule has 0 aromatic heterocycles. The molecule has 0 saturated carbocycles. The van der Waals surface area contributed by atoms with Gasteiger partial charge >= 0.3 is 5.97 Å². The molecular formula is C12H14O5. The number of phenols is 1. The molecule has 5 heteroatoms. The quantitative estimate of drug-likeness (QED) is 0.822. The Kier molecular flexibility index (Phi) is 3.31. The standard InChI is InChI=1S/C12H14O5/c1-7-5-8(11(14)15)10(13)9(6-7)12-16-3-2-4-17-12/h5-6,12-13H,2-4H2,1H3,(H,14,15). The fraction of sp³-hybridized carbons (Fsp3) is 0.417. The molecule has 1 fully saturated rings. The van der Waals surface area contributed by atoms with Crippen LogP contribution in [0.15, 0.2) is 12.1 Å². The van der Waals surface area contributed by atoms with Crippen molar-refractivity contribution in [3.8, 4) is 5.75 Å². The van der Waals surface area contributed by atoms with Crippen molar-refractivity contribution in [2.24, 2.45) is 0 Å². The zero-order valence-corrected chi connectivity index (χ0v) is 9.47. The van der Waals surface area contributed by atoms with Crippen molar-refractivity contribution < 1.29 is 24.5 Å². The molecule has 0 radical (unpaired) electrons. The van der Waals surface area contributed by atoms with Gasteiger partial charge in [-0.15, -0.1) is 0 Å². The number of aryl methyl sites for hydroxylation is 1. The van der Waals surface area contributed by atoms with E-state index in [4.69, 9.17) is 14.6 Å². The van der Waals surface area contributed by atoms with Gasteiger partial charge in [0.2, 0.25) is 0 Å². The van der Waals surface area contributed by atoms with Crippen LogP contribution in [0.25, 0.3) is 0 Å². The van der Waals surface area contributed by atoms with E-state index in [1.807, 2.05) is 0 Å². The maximum atomic E-state index is 11.0. The average Bonchev–Trinajstić information content (AvgIpc) is 2.32. The summed E-state index contributed by atoms with van der Waals surface area (Å²) in [5.74, 6) is -1.45. The first-order valence-electron chi connectivity index (χ1n) is 5.39. The lowest BCUT2D eigenvalue weighted by Crippen LogP contribution is -2.18. The van der Waals surface area contributed by atoms with E-state index in [0.29, 0.717) is 18.8 Å². The summed E-state index contributed by atoms with van der Waals surface area (Å²) in [7, 11) is 0. The van der Waals surface area contributed by atoms with Gasteiger partial charge in [-0.3, -0.25) is 0 Å². The summed E-state index contributed by atoms with van der Waals surface area (Å²) >= 11 is 0. The Morgan fingerprint density at radius 1 is 1.35 bits per heavy atom. The molecule has 1 aromatic carbocycles. The first-order chi connectivity index (χ1) is 8.09. The predicted octanol–water partition coefficient (Wildman–Crippen LogP) is 1.83. The third kappa shape index (κ3) is 2.40. The summed E-state index contributed by atoms with van der Waals surface area (Å²) in [4.78, 5) is 11.0. The third-order valence-electron chi connectivity index (χ3n) is 2.60. The largest absolute Gasteiger partial charge is 0.507 e. The first kappa shape index (κ1) is 11.9. The summed E-state index contributed by atoms with van der Waals surface area (Å²) < 4.78 is 10.7. The Morgan fingerprint density at radius 2 is 2.00 bits per heavy atom. The topological polar surface area (TPSA) is 76.0 Å². The van der Waals surface area contributed by atoms with Crippen molar-refractivity contribution in [3.63, 3.8) is 0 Å². The van der Waals surface area contributed by atoms with Crippen LogP contribution in [-0.2, 0) is 9.47 Å². The summed E-state index contributed by atoms with van der Waals surface area (Å²) in [6.45, 7) is 2.85. The van der Waals surface area contributed by atoms with Gasteiger partial charge in [-0.2, -0.15) is 0 Å². The predicted molar refractivity (Wildman–Crippen MR) is 59.1 cm³/mol. The Labute approximate surface area is 98.6 Å². The highest BCUT2D eigenvalue weighted by atomic mass is 16.7. The highest BCUT2D eigenvalue weighted by Crippen LogP contribution is 2.33. The number of ether oxygens (including phenoxy) is 2. The Balaban J connectivity index is 2.41. The zero-order valence-electron chi connectivity index (χ0n) is 9.47. The molecule has 0 atom stereocenters. The zero-order chi connectivity index (χ0) is 12.4. The number of hydrogen-bond acceptors (Lipinski definition) is 4. The van der Waals surface area contributed by atoms with Crippen molar-refractivity contribution in [3.05, 3.63) is 28.8 Å². The number of aromatic carboxylic acids is 1. The minimum atomic E-state index is -1.16. The van der Waals surface area contributed by atoms with Crippen molar-refractivity contribution in [1.29, 1.82) is 0 Å². The van der Waals surface area contributed by atoms with E-state index in [0.717, 1.165) is 12.0 Å². The van der Waals surface area contributed by atoms with Gasteiger partial charge in [-0.05, 0) is 31.0 Å². The minimum Gasteiger partial charge on any atom is -0.507 e. The van der Waals surface area contributed by atoms with Gasteiger partial charge in [-0.25, -0.2) is 4.79 Å². The molecule has 1 aliphatic rings. The Bertz CT molecular complexity index is 435.